The Labute approximate surface area is 300 Å². The molecule has 2 unspecified atom stereocenters. The fourth-order valence-electron chi connectivity index (χ4n) is 4.96. The first-order chi connectivity index (χ1) is 24.3. The minimum absolute atomic E-state index is 0.00751. The Morgan fingerprint density at radius 3 is 2.29 bits per heavy atom. The number of nitrogens with zero attached hydrogens (tertiary/aromatic N) is 3. The number of hydrogen-bond acceptors (Lipinski definition) is 10. The van der Waals surface area contributed by atoms with Gasteiger partial charge in [0, 0.05) is 37.8 Å². The maximum absolute atomic E-state index is 13.5. The van der Waals surface area contributed by atoms with E-state index in [-0.39, 0.29) is 60.5 Å². The number of aryl methyl sites for hydroxylation is 1. The second-order valence-electron chi connectivity index (χ2n) is 12.0. The number of benzene rings is 2. The molecule has 1 fully saturated rings. The molecule has 19 nitrogen and oxygen atoms in total. The van der Waals surface area contributed by atoms with E-state index in [4.69, 9.17) is 21.4 Å². The van der Waals surface area contributed by atoms with Gasteiger partial charge in [0.25, 0.3) is 17.6 Å². The molecule has 1 heterocycles. The van der Waals surface area contributed by atoms with Crippen LogP contribution < -0.4 is 32.1 Å². The van der Waals surface area contributed by atoms with Gasteiger partial charge in [-0.3, -0.25) is 39.1 Å². The number of sulfonamides is 1. The van der Waals surface area contributed by atoms with Gasteiger partial charge >= 0.3 is 0 Å². The standard InChI is InChI=1S/C30H41N9O8S.C2H4O2/c1-18(2)35-27(41)22-16-20(10-13-24(22)39(44)45)36-28(42)23(6-4-14-33-30(31)32)37-29(43)25-7-5-15-38(25)26(40)17-34-48(46,47)21-11-8-19(3)9-12-21;1-2(3)4/h8-13,16,18,23,25,34H,4-7,14-15,17H2,1-3H3,(H,35,41)(H,36,42)(H,37,43)(H4,31,32,33);1H3,(H,3,4). The molecule has 0 spiro atoms. The molecule has 20 heteroatoms. The first-order valence-corrected chi connectivity index (χ1v) is 17.6. The van der Waals surface area contributed by atoms with Crippen molar-refractivity contribution in [3.8, 4) is 0 Å². The maximum atomic E-state index is 13.5. The predicted octanol–water partition coefficient (Wildman–Crippen LogP) is 0.579. The molecule has 0 saturated carbocycles. The highest BCUT2D eigenvalue weighted by atomic mass is 32.2. The van der Waals surface area contributed by atoms with Crippen LogP contribution in [-0.4, -0.2) is 96.7 Å². The summed E-state index contributed by atoms with van der Waals surface area (Å²) in [6.45, 7) is 6.05. The van der Waals surface area contributed by atoms with Gasteiger partial charge in [0.05, 0.1) is 16.4 Å². The number of nitrogens with one attached hydrogen (secondary N) is 4. The Morgan fingerprint density at radius 1 is 1.08 bits per heavy atom. The number of hydrogen-bond donors (Lipinski definition) is 7. The maximum Gasteiger partial charge on any atom is 0.300 e. The number of rotatable bonds is 15. The summed E-state index contributed by atoms with van der Waals surface area (Å²) in [6.07, 6.45) is 1.09. The summed E-state index contributed by atoms with van der Waals surface area (Å²) < 4.78 is 27.7. The summed E-state index contributed by atoms with van der Waals surface area (Å²) in [5, 5.41) is 26.8. The SMILES string of the molecule is CC(=O)O.Cc1ccc(S(=O)(=O)NCC(=O)N2CCCC2C(=O)NC(CCCN=C(N)N)C(=O)Nc2ccc([N+](=O)[O-])c(C(=O)NC(C)C)c2)cc1. The number of carbonyl (C=O) groups is 5. The Bertz CT molecular complexity index is 1760. The summed E-state index contributed by atoms with van der Waals surface area (Å²) in [7, 11) is -3.98. The smallest absolute Gasteiger partial charge is 0.300 e. The van der Waals surface area contributed by atoms with Crippen molar-refractivity contribution in [2.75, 3.05) is 25.0 Å². The lowest BCUT2D eigenvalue weighted by Crippen LogP contribution is -2.53. The van der Waals surface area contributed by atoms with E-state index in [0.29, 0.717) is 6.42 Å². The predicted molar refractivity (Wildman–Crippen MR) is 191 cm³/mol. The fraction of sp³-hybridized carbons (Fsp3) is 0.438. The number of aliphatic imine (C=N–C) groups is 1. The van der Waals surface area contributed by atoms with Gasteiger partial charge in [-0.15, -0.1) is 0 Å². The van der Waals surface area contributed by atoms with Crippen molar-refractivity contribution < 1.29 is 42.4 Å². The molecular formula is C32H45N9O10S. The third kappa shape index (κ3) is 13.6. The summed E-state index contributed by atoms with van der Waals surface area (Å²) in [4.78, 5) is 77.6. The minimum Gasteiger partial charge on any atom is -0.481 e. The molecule has 1 aliphatic heterocycles. The van der Waals surface area contributed by atoms with Crippen LogP contribution in [0, 0.1) is 17.0 Å². The average Bonchev–Trinajstić information content (AvgIpc) is 3.55. The second-order valence-corrected chi connectivity index (χ2v) is 13.8. The largest absolute Gasteiger partial charge is 0.481 e. The van der Waals surface area contributed by atoms with Crippen molar-refractivity contribution in [3.63, 3.8) is 0 Å². The van der Waals surface area contributed by atoms with Crippen LogP contribution >= 0.6 is 0 Å². The van der Waals surface area contributed by atoms with Crippen LogP contribution in [0.15, 0.2) is 52.4 Å². The number of carbonyl (C=O) groups excluding carboxylic acids is 4. The number of nitro groups is 1. The molecular weight excluding hydrogens is 702 g/mol. The number of aliphatic carboxylic acids is 1. The molecule has 284 valence electrons. The Hall–Kier alpha value is -5.63. The first-order valence-electron chi connectivity index (χ1n) is 16.1. The van der Waals surface area contributed by atoms with Crippen molar-refractivity contribution in [3.05, 3.63) is 63.7 Å². The number of nitro benzene ring substituents is 1. The molecule has 0 radical (unpaired) electrons. The number of nitrogens with two attached hydrogens (primary N) is 2. The molecule has 2 aromatic rings. The molecule has 2 atom stereocenters. The quantitative estimate of drug-likeness (QED) is 0.0433. The van der Waals surface area contributed by atoms with Crippen molar-refractivity contribution in [1.82, 2.24) is 20.3 Å². The van der Waals surface area contributed by atoms with E-state index in [1.54, 1.807) is 26.0 Å². The first kappa shape index (κ1) is 42.5. The van der Waals surface area contributed by atoms with Gasteiger partial charge < -0.3 is 37.4 Å². The van der Waals surface area contributed by atoms with Gasteiger partial charge in [0.2, 0.25) is 27.7 Å². The van der Waals surface area contributed by atoms with Crippen molar-refractivity contribution in [2.24, 2.45) is 16.5 Å². The normalized spacial score (nSPS) is 14.3. The number of amides is 4. The van der Waals surface area contributed by atoms with Gasteiger partial charge in [-0.2, -0.15) is 0 Å². The summed E-state index contributed by atoms with van der Waals surface area (Å²) in [5.41, 5.74) is 11.0. The molecule has 9 N–H and O–H groups in total. The summed E-state index contributed by atoms with van der Waals surface area (Å²) >= 11 is 0. The number of guanidine groups is 1. The average molecular weight is 748 g/mol. The third-order valence-electron chi connectivity index (χ3n) is 7.32. The highest BCUT2D eigenvalue weighted by molar-refractivity contribution is 7.89. The van der Waals surface area contributed by atoms with E-state index in [2.05, 4.69) is 25.7 Å². The summed E-state index contributed by atoms with van der Waals surface area (Å²) in [6, 6.07) is 7.18. The topological polar surface area (TPSA) is 299 Å². The lowest BCUT2D eigenvalue weighted by Gasteiger charge is -2.26. The zero-order chi connectivity index (χ0) is 39.2. The second kappa shape index (κ2) is 19.7. The van der Waals surface area contributed by atoms with Crippen molar-refractivity contribution in [2.45, 2.75) is 76.4 Å². The molecule has 3 rings (SSSR count). The van der Waals surface area contributed by atoms with E-state index in [9.17, 15) is 37.7 Å². The Morgan fingerprint density at radius 2 is 1.71 bits per heavy atom. The van der Waals surface area contributed by atoms with Crippen molar-refractivity contribution in [1.29, 1.82) is 0 Å². The molecule has 0 bridgehead atoms. The van der Waals surface area contributed by atoms with Crippen LogP contribution in [0.25, 0.3) is 0 Å². The van der Waals surface area contributed by atoms with Crippen LogP contribution in [0.3, 0.4) is 0 Å². The highest BCUT2D eigenvalue weighted by Crippen LogP contribution is 2.24. The number of anilines is 1. The van der Waals surface area contributed by atoms with Gasteiger partial charge in [-0.25, -0.2) is 13.1 Å². The molecule has 1 saturated heterocycles. The third-order valence-corrected chi connectivity index (χ3v) is 8.74. The van der Waals surface area contributed by atoms with Gasteiger partial charge in [0.15, 0.2) is 5.96 Å². The van der Waals surface area contributed by atoms with E-state index in [1.807, 2.05) is 6.92 Å². The molecule has 2 aromatic carbocycles. The fourth-order valence-corrected chi connectivity index (χ4v) is 5.94. The van der Waals surface area contributed by atoms with Crippen LogP contribution in [0.1, 0.15) is 62.4 Å². The molecule has 52 heavy (non-hydrogen) atoms. The lowest BCUT2D eigenvalue weighted by molar-refractivity contribution is -0.385. The van der Waals surface area contributed by atoms with Gasteiger partial charge in [-0.1, -0.05) is 17.7 Å². The summed E-state index contributed by atoms with van der Waals surface area (Å²) in [5.74, 6) is -3.64. The minimum atomic E-state index is -3.98. The molecule has 1 aliphatic rings. The van der Waals surface area contributed by atoms with E-state index >= 15 is 0 Å². The van der Waals surface area contributed by atoms with Crippen LogP contribution in [0.4, 0.5) is 11.4 Å². The van der Waals surface area contributed by atoms with Gasteiger partial charge in [0.1, 0.15) is 17.6 Å². The van der Waals surface area contributed by atoms with E-state index in [0.717, 1.165) is 18.6 Å². The molecule has 0 aromatic heterocycles. The number of carboxylic acids is 1. The number of likely N-dealkylation sites (tertiary alicyclic amines) is 1. The number of carboxylic acid groups (broad SMARTS) is 1. The molecule has 0 aliphatic carbocycles. The van der Waals surface area contributed by atoms with E-state index < -0.39 is 68.9 Å². The van der Waals surface area contributed by atoms with E-state index in [1.165, 1.54) is 29.2 Å². The van der Waals surface area contributed by atoms with Crippen LogP contribution in [0.2, 0.25) is 0 Å². The Balaban J connectivity index is 0.00000222. The van der Waals surface area contributed by atoms with Crippen molar-refractivity contribution >= 4 is 57.0 Å². The van der Waals surface area contributed by atoms with Crippen LogP contribution in [-0.2, 0) is 29.2 Å². The molecule has 4 amide bonds. The Kier molecular flexibility index (Phi) is 16.1. The monoisotopic (exact) mass is 747 g/mol. The zero-order valence-corrected chi connectivity index (χ0v) is 30.1. The highest BCUT2D eigenvalue weighted by Gasteiger charge is 2.36. The van der Waals surface area contributed by atoms with Gasteiger partial charge in [-0.05, 0) is 70.7 Å². The zero-order valence-electron chi connectivity index (χ0n) is 29.2. The lowest BCUT2D eigenvalue weighted by atomic mass is 10.1. The van der Waals surface area contributed by atoms with Crippen LogP contribution in [0.5, 0.6) is 0 Å².